The number of hydrogen-bond donors (Lipinski definition) is 3. The van der Waals surface area contributed by atoms with Gasteiger partial charge in [0.15, 0.2) is 0 Å². The molecule has 2 fully saturated rings. The Balaban J connectivity index is 1.77. The molecule has 0 radical (unpaired) electrons. The normalized spacial score (nSPS) is 32.2. The average Bonchev–Trinajstić information content (AvgIpc) is 2.77. The van der Waals surface area contributed by atoms with Crippen molar-refractivity contribution in [2.75, 3.05) is 13.1 Å². The van der Waals surface area contributed by atoms with Crippen molar-refractivity contribution in [1.82, 2.24) is 10.6 Å². The molecule has 1 atom stereocenters. The lowest BCUT2D eigenvalue weighted by Gasteiger charge is -2.36. The summed E-state index contributed by atoms with van der Waals surface area (Å²) in [6.07, 6.45) is 5.33. The van der Waals surface area contributed by atoms with Gasteiger partial charge in [-0.25, -0.2) is 0 Å². The number of amides is 1. The zero-order chi connectivity index (χ0) is 13.9. The first-order chi connectivity index (χ1) is 9.01. The van der Waals surface area contributed by atoms with Crippen LogP contribution in [0.15, 0.2) is 0 Å². The van der Waals surface area contributed by atoms with Gasteiger partial charge in [0, 0.05) is 18.5 Å². The van der Waals surface area contributed by atoms with Crippen LogP contribution in [0.25, 0.3) is 0 Å². The molecule has 1 aliphatic carbocycles. The van der Waals surface area contributed by atoms with Gasteiger partial charge in [0.25, 0.3) is 0 Å². The Hall–Kier alpha value is -1.10. The zero-order valence-corrected chi connectivity index (χ0v) is 11.6. The summed E-state index contributed by atoms with van der Waals surface area (Å²) in [5, 5.41) is 14.9. The Morgan fingerprint density at radius 3 is 2.58 bits per heavy atom. The highest BCUT2D eigenvalue weighted by Crippen LogP contribution is 2.43. The molecule has 0 aromatic carbocycles. The molecule has 0 aromatic rings. The van der Waals surface area contributed by atoms with Gasteiger partial charge in [-0.3, -0.25) is 9.59 Å². The standard InChI is InChI=1S/C14H24N2O3/c1-10(8-12(17)18)16-13(19)11-2-4-14(5-3-11)6-7-15-9-14/h10-11,15H,2-9H2,1H3,(H,16,19)(H,17,18). The van der Waals surface area contributed by atoms with Crippen molar-refractivity contribution < 1.29 is 14.7 Å². The quantitative estimate of drug-likeness (QED) is 0.714. The van der Waals surface area contributed by atoms with Gasteiger partial charge in [-0.2, -0.15) is 0 Å². The van der Waals surface area contributed by atoms with Crippen LogP contribution >= 0.6 is 0 Å². The second-order valence-electron chi connectivity index (χ2n) is 6.21. The first kappa shape index (κ1) is 14.3. The van der Waals surface area contributed by atoms with Crippen molar-refractivity contribution in [2.45, 2.75) is 51.5 Å². The Morgan fingerprint density at radius 1 is 1.37 bits per heavy atom. The monoisotopic (exact) mass is 268 g/mol. The largest absolute Gasteiger partial charge is 0.481 e. The topological polar surface area (TPSA) is 78.4 Å². The minimum atomic E-state index is -0.868. The molecule has 5 heteroatoms. The lowest BCUT2D eigenvalue weighted by Crippen LogP contribution is -2.41. The van der Waals surface area contributed by atoms with E-state index in [0.29, 0.717) is 5.41 Å². The van der Waals surface area contributed by atoms with Crippen LogP contribution in [-0.2, 0) is 9.59 Å². The molecular weight excluding hydrogens is 244 g/mol. The summed E-state index contributed by atoms with van der Waals surface area (Å²) in [6.45, 7) is 3.94. The van der Waals surface area contributed by atoms with E-state index in [0.717, 1.165) is 38.8 Å². The molecule has 2 rings (SSSR count). The van der Waals surface area contributed by atoms with E-state index < -0.39 is 5.97 Å². The SMILES string of the molecule is CC(CC(=O)O)NC(=O)C1CCC2(CCNC2)CC1. The molecule has 1 heterocycles. The number of carboxylic acids is 1. The Morgan fingerprint density at radius 2 is 2.05 bits per heavy atom. The van der Waals surface area contributed by atoms with E-state index in [4.69, 9.17) is 5.11 Å². The lowest BCUT2D eigenvalue weighted by molar-refractivity contribution is -0.137. The fraction of sp³-hybridized carbons (Fsp3) is 0.857. The third-order valence-corrected chi connectivity index (χ3v) is 4.62. The van der Waals surface area contributed by atoms with Crippen LogP contribution in [0, 0.1) is 11.3 Å². The van der Waals surface area contributed by atoms with E-state index in [9.17, 15) is 9.59 Å². The molecular formula is C14H24N2O3. The molecule has 1 aliphatic heterocycles. The van der Waals surface area contributed by atoms with Crippen LogP contribution in [0.2, 0.25) is 0 Å². The van der Waals surface area contributed by atoms with Crippen LogP contribution in [0.5, 0.6) is 0 Å². The highest BCUT2D eigenvalue weighted by molar-refractivity contribution is 5.79. The van der Waals surface area contributed by atoms with E-state index in [1.54, 1.807) is 6.92 Å². The van der Waals surface area contributed by atoms with Crippen LogP contribution in [0.4, 0.5) is 0 Å². The number of hydrogen-bond acceptors (Lipinski definition) is 3. The first-order valence-corrected chi connectivity index (χ1v) is 7.24. The molecule has 19 heavy (non-hydrogen) atoms. The number of carbonyl (C=O) groups excluding carboxylic acids is 1. The predicted octanol–water partition coefficient (Wildman–Crippen LogP) is 1.14. The Kier molecular flexibility index (Phi) is 4.45. The first-order valence-electron chi connectivity index (χ1n) is 7.24. The Labute approximate surface area is 114 Å². The summed E-state index contributed by atoms with van der Waals surface area (Å²) < 4.78 is 0. The molecule has 0 bridgehead atoms. The fourth-order valence-corrected chi connectivity index (χ4v) is 3.39. The third kappa shape index (κ3) is 3.69. The molecule has 1 spiro atoms. The summed E-state index contributed by atoms with van der Waals surface area (Å²) in [6, 6.07) is -0.283. The zero-order valence-electron chi connectivity index (χ0n) is 11.6. The number of nitrogens with one attached hydrogen (secondary N) is 2. The second kappa shape index (κ2) is 5.90. The van der Waals surface area contributed by atoms with Gasteiger partial charge in [0.2, 0.25) is 5.91 Å². The summed E-state index contributed by atoms with van der Waals surface area (Å²) in [7, 11) is 0. The highest BCUT2D eigenvalue weighted by Gasteiger charge is 2.39. The van der Waals surface area contributed by atoms with Crippen LogP contribution in [0.3, 0.4) is 0 Å². The van der Waals surface area contributed by atoms with E-state index >= 15 is 0 Å². The average molecular weight is 268 g/mol. The number of carboxylic acid groups (broad SMARTS) is 1. The summed E-state index contributed by atoms with van der Waals surface area (Å²) >= 11 is 0. The molecule has 2 aliphatic rings. The van der Waals surface area contributed by atoms with E-state index in [2.05, 4.69) is 10.6 Å². The molecule has 1 unspecified atom stereocenters. The predicted molar refractivity (Wildman–Crippen MR) is 71.7 cm³/mol. The van der Waals surface area contributed by atoms with Crippen molar-refractivity contribution in [3.05, 3.63) is 0 Å². The van der Waals surface area contributed by atoms with Crippen LogP contribution in [0.1, 0.15) is 45.4 Å². The molecule has 1 saturated carbocycles. The summed E-state index contributed by atoms with van der Waals surface area (Å²) in [5.74, 6) is -0.760. The molecule has 5 nitrogen and oxygen atoms in total. The van der Waals surface area contributed by atoms with Crippen molar-refractivity contribution in [3.8, 4) is 0 Å². The maximum atomic E-state index is 12.1. The van der Waals surface area contributed by atoms with Gasteiger partial charge in [-0.05, 0) is 51.0 Å². The van der Waals surface area contributed by atoms with Gasteiger partial charge in [-0.15, -0.1) is 0 Å². The molecule has 0 aromatic heterocycles. The van der Waals surface area contributed by atoms with Crippen molar-refractivity contribution in [3.63, 3.8) is 0 Å². The van der Waals surface area contributed by atoms with Gasteiger partial charge < -0.3 is 15.7 Å². The summed E-state index contributed by atoms with van der Waals surface area (Å²) in [4.78, 5) is 22.7. The van der Waals surface area contributed by atoms with Gasteiger partial charge in [-0.1, -0.05) is 0 Å². The van der Waals surface area contributed by atoms with Crippen LogP contribution < -0.4 is 10.6 Å². The van der Waals surface area contributed by atoms with Crippen molar-refractivity contribution >= 4 is 11.9 Å². The van der Waals surface area contributed by atoms with Gasteiger partial charge in [0.1, 0.15) is 0 Å². The minimum absolute atomic E-state index is 0.00762. The molecule has 1 amide bonds. The molecule has 1 saturated heterocycles. The maximum Gasteiger partial charge on any atom is 0.305 e. The lowest BCUT2D eigenvalue weighted by atomic mass is 9.70. The second-order valence-corrected chi connectivity index (χ2v) is 6.21. The number of aliphatic carboxylic acids is 1. The van der Waals surface area contributed by atoms with Crippen molar-refractivity contribution in [2.24, 2.45) is 11.3 Å². The smallest absolute Gasteiger partial charge is 0.305 e. The van der Waals surface area contributed by atoms with Gasteiger partial charge in [0.05, 0.1) is 6.42 Å². The van der Waals surface area contributed by atoms with E-state index in [1.807, 2.05) is 0 Å². The summed E-state index contributed by atoms with van der Waals surface area (Å²) in [5.41, 5.74) is 0.434. The fourth-order valence-electron chi connectivity index (χ4n) is 3.39. The van der Waals surface area contributed by atoms with Gasteiger partial charge >= 0.3 is 5.97 Å². The Bertz CT molecular complexity index is 341. The molecule has 3 N–H and O–H groups in total. The van der Waals surface area contributed by atoms with Crippen LogP contribution in [-0.4, -0.2) is 36.1 Å². The maximum absolute atomic E-state index is 12.1. The van der Waals surface area contributed by atoms with E-state index in [1.165, 1.54) is 6.42 Å². The van der Waals surface area contributed by atoms with Crippen molar-refractivity contribution in [1.29, 1.82) is 0 Å². The number of rotatable bonds is 4. The highest BCUT2D eigenvalue weighted by atomic mass is 16.4. The molecule has 108 valence electrons. The number of carbonyl (C=O) groups is 2. The van der Waals surface area contributed by atoms with E-state index in [-0.39, 0.29) is 24.3 Å². The minimum Gasteiger partial charge on any atom is -0.481 e. The third-order valence-electron chi connectivity index (χ3n) is 4.62.